The van der Waals surface area contributed by atoms with E-state index in [4.69, 9.17) is 9.47 Å². The fourth-order valence-electron chi connectivity index (χ4n) is 3.19. The number of carbonyl (C=O) groups is 1. The zero-order chi connectivity index (χ0) is 15.4. The molecule has 2 aliphatic rings. The van der Waals surface area contributed by atoms with Gasteiger partial charge in [-0.25, -0.2) is 4.79 Å². The Hall–Kier alpha value is -1.91. The molecule has 2 amide bonds. The van der Waals surface area contributed by atoms with Crippen molar-refractivity contribution in [3.05, 3.63) is 23.8 Å². The second kappa shape index (κ2) is 6.90. The van der Waals surface area contributed by atoms with Gasteiger partial charge in [-0.05, 0) is 37.3 Å². The van der Waals surface area contributed by atoms with Crippen molar-refractivity contribution in [2.45, 2.75) is 25.7 Å². The molecule has 0 aliphatic carbocycles. The molecule has 0 radical (unpaired) electrons. The third kappa shape index (κ3) is 3.29. The summed E-state index contributed by atoms with van der Waals surface area (Å²) in [6, 6.07) is 6.03. The number of hydrogen-bond donors (Lipinski definition) is 1. The summed E-state index contributed by atoms with van der Waals surface area (Å²) in [6.07, 6.45) is 4.38. The molecule has 1 aromatic rings. The van der Waals surface area contributed by atoms with E-state index in [9.17, 15) is 4.79 Å². The Balaban J connectivity index is 1.53. The van der Waals surface area contributed by atoms with Crippen LogP contribution in [0.4, 0.5) is 4.79 Å². The summed E-state index contributed by atoms with van der Waals surface area (Å²) in [5.41, 5.74) is 1.16. The SMILES string of the molecule is COc1cccc2c1OC[C@@H](CNC(=O)N1CCCCC1)C2. The van der Waals surface area contributed by atoms with Gasteiger partial charge in [0.05, 0.1) is 13.7 Å². The Morgan fingerprint density at radius 2 is 2.18 bits per heavy atom. The highest BCUT2D eigenvalue weighted by Crippen LogP contribution is 2.35. The predicted octanol–water partition coefficient (Wildman–Crippen LogP) is 2.44. The van der Waals surface area contributed by atoms with E-state index < -0.39 is 0 Å². The smallest absolute Gasteiger partial charge is 0.317 e. The minimum atomic E-state index is 0.0659. The molecule has 1 fully saturated rings. The van der Waals surface area contributed by atoms with Crippen molar-refractivity contribution in [2.75, 3.05) is 33.4 Å². The maximum atomic E-state index is 12.1. The lowest BCUT2D eigenvalue weighted by Crippen LogP contribution is -2.45. The number of nitrogens with zero attached hydrogens (tertiary/aromatic N) is 1. The van der Waals surface area contributed by atoms with Gasteiger partial charge in [0.25, 0.3) is 0 Å². The van der Waals surface area contributed by atoms with E-state index in [1.165, 1.54) is 6.42 Å². The van der Waals surface area contributed by atoms with Gasteiger partial charge in [-0.15, -0.1) is 0 Å². The Morgan fingerprint density at radius 1 is 1.36 bits per heavy atom. The molecule has 0 aromatic heterocycles. The first kappa shape index (κ1) is 15.0. The molecule has 22 heavy (non-hydrogen) atoms. The van der Waals surface area contributed by atoms with Gasteiger partial charge in [0, 0.05) is 25.6 Å². The molecule has 120 valence electrons. The molecule has 0 spiro atoms. The third-order valence-corrected chi connectivity index (χ3v) is 4.44. The summed E-state index contributed by atoms with van der Waals surface area (Å²) in [5, 5.41) is 3.06. The number of fused-ring (bicyclic) bond motifs is 1. The molecule has 2 aliphatic heterocycles. The highest BCUT2D eigenvalue weighted by Gasteiger charge is 2.24. The minimum Gasteiger partial charge on any atom is -0.493 e. The van der Waals surface area contributed by atoms with Crippen molar-refractivity contribution in [1.29, 1.82) is 0 Å². The second-order valence-electron chi connectivity index (χ2n) is 6.06. The third-order valence-electron chi connectivity index (χ3n) is 4.44. The van der Waals surface area contributed by atoms with Gasteiger partial charge >= 0.3 is 6.03 Å². The first-order chi connectivity index (χ1) is 10.8. The van der Waals surface area contributed by atoms with Gasteiger partial charge in [-0.3, -0.25) is 0 Å². The minimum absolute atomic E-state index is 0.0659. The van der Waals surface area contributed by atoms with E-state index >= 15 is 0 Å². The van der Waals surface area contributed by atoms with Gasteiger partial charge in [0.15, 0.2) is 11.5 Å². The number of likely N-dealkylation sites (tertiary alicyclic amines) is 1. The number of carbonyl (C=O) groups excluding carboxylic acids is 1. The number of urea groups is 1. The van der Waals surface area contributed by atoms with Crippen LogP contribution in [0.3, 0.4) is 0 Å². The van der Waals surface area contributed by atoms with Crippen LogP contribution in [-0.2, 0) is 6.42 Å². The zero-order valence-corrected chi connectivity index (χ0v) is 13.1. The van der Waals surface area contributed by atoms with Gasteiger partial charge in [0.2, 0.25) is 0 Å². The van der Waals surface area contributed by atoms with Crippen LogP contribution in [0.1, 0.15) is 24.8 Å². The number of para-hydroxylation sites is 1. The molecule has 0 unspecified atom stereocenters. The van der Waals surface area contributed by atoms with Gasteiger partial charge in [0.1, 0.15) is 0 Å². The standard InChI is InChI=1S/C17H24N2O3/c1-21-15-7-5-6-14-10-13(12-22-16(14)15)11-18-17(20)19-8-3-2-4-9-19/h5-7,13H,2-4,8-12H2,1H3,(H,18,20)/t13-/m1/s1. The Morgan fingerprint density at radius 3 is 2.95 bits per heavy atom. The molecule has 1 aromatic carbocycles. The lowest BCUT2D eigenvalue weighted by Gasteiger charge is -2.29. The zero-order valence-electron chi connectivity index (χ0n) is 13.1. The summed E-state index contributed by atoms with van der Waals surface area (Å²) >= 11 is 0. The quantitative estimate of drug-likeness (QED) is 0.933. The van der Waals surface area contributed by atoms with Crippen LogP contribution < -0.4 is 14.8 Å². The number of piperidine rings is 1. The normalized spacial score (nSPS) is 20.8. The summed E-state index contributed by atoms with van der Waals surface area (Å²) < 4.78 is 11.2. The van der Waals surface area contributed by atoms with Crippen LogP contribution in [-0.4, -0.2) is 44.3 Å². The first-order valence-corrected chi connectivity index (χ1v) is 8.09. The average molecular weight is 304 g/mol. The Labute approximate surface area is 131 Å². The number of amides is 2. The first-order valence-electron chi connectivity index (χ1n) is 8.09. The molecular formula is C17H24N2O3. The lowest BCUT2D eigenvalue weighted by atomic mass is 9.96. The molecule has 1 atom stereocenters. The largest absolute Gasteiger partial charge is 0.493 e. The van der Waals surface area contributed by atoms with Crippen molar-refractivity contribution < 1.29 is 14.3 Å². The van der Waals surface area contributed by atoms with Crippen molar-refractivity contribution >= 4 is 6.03 Å². The number of benzene rings is 1. The van der Waals surface area contributed by atoms with Crippen molar-refractivity contribution in [3.63, 3.8) is 0 Å². The molecule has 2 heterocycles. The summed E-state index contributed by atoms with van der Waals surface area (Å²) in [6.45, 7) is 3.04. The fraction of sp³-hybridized carbons (Fsp3) is 0.588. The predicted molar refractivity (Wildman–Crippen MR) is 84.5 cm³/mol. The van der Waals surface area contributed by atoms with E-state index in [2.05, 4.69) is 11.4 Å². The average Bonchev–Trinajstić information content (AvgIpc) is 2.59. The van der Waals surface area contributed by atoms with Crippen LogP contribution in [0.5, 0.6) is 11.5 Å². The van der Waals surface area contributed by atoms with Crippen LogP contribution in [0.2, 0.25) is 0 Å². The molecule has 5 heteroatoms. The summed E-state index contributed by atoms with van der Waals surface area (Å²) in [7, 11) is 1.66. The molecule has 1 saturated heterocycles. The molecule has 5 nitrogen and oxygen atoms in total. The van der Waals surface area contributed by atoms with E-state index in [0.29, 0.717) is 19.1 Å². The fourth-order valence-corrected chi connectivity index (χ4v) is 3.19. The van der Waals surface area contributed by atoms with Crippen LogP contribution >= 0.6 is 0 Å². The number of hydrogen-bond acceptors (Lipinski definition) is 3. The Bertz CT molecular complexity index is 527. The molecule has 0 bridgehead atoms. The van der Waals surface area contributed by atoms with E-state index in [1.54, 1.807) is 7.11 Å². The maximum absolute atomic E-state index is 12.1. The van der Waals surface area contributed by atoms with Crippen molar-refractivity contribution in [3.8, 4) is 11.5 Å². The monoisotopic (exact) mass is 304 g/mol. The summed E-state index contributed by atoms with van der Waals surface area (Å²) in [4.78, 5) is 14.1. The van der Waals surface area contributed by atoms with E-state index in [1.807, 2.05) is 17.0 Å². The van der Waals surface area contributed by atoms with Gasteiger partial charge in [-0.1, -0.05) is 12.1 Å². The molecule has 1 N–H and O–H groups in total. The van der Waals surface area contributed by atoms with E-state index in [-0.39, 0.29) is 6.03 Å². The number of ether oxygens (including phenoxy) is 2. The van der Waals surface area contributed by atoms with Gasteiger partial charge < -0.3 is 19.7 Å². The molecular weight excluding hydrogens is 280 g/mol. The highest BCUT2D eigenvalue weighted by molar-refractivity contribution is 5.74. The number of rotatable bonds is 3. The van der Waals surface area contributed by atoms with Gasteiger partial charge in [-0.2, -0.15) is 0 Å². The van der Waals surface area contributed by atoms with Crippen LogP contribution in [0.15, 0.2) is 18.2 Å². The number of methoxy groups -OCH3 is 1. The topological polar surface area (TPSA) is 50.8 Å². The van der Waals surface area contributed by atoms with Crippen molar-refractivity contribution in [1.82, 2.24) is 10.2 Å². The molecule has 0 saturated carbocycles. The van der Waals surface area contributed by atoms with Crippen molar-refractivity contribution in [2.24, 2.45) is 5.92 Å². The molecule has 3 rings (SSSR count). The highest BCUT2D eigenvalue weighted by atomic mass is 16.5. The summed E-state index contributed by atoms with van der Waals surface area (Å²) in [5.74, 6) is 1.95. The van der Waals surface area contributed by atoms with Crippen LogP contribution in [0.25, 0.3) is 0 Å². The lowest BCUT2D eigenvalue weighted by molar-refractivity contribution is 0.176. The van der Waals surface area contributed by atoms with Crippen LogP contribution in [0, 0.1) is 5.92 Å². The Kier molecular flexibility index (Phi) is 4.71. The second-order valence-corrected chi connectivity index (χ2v) is 6.06. The maximum Gasteiger partial charge on any atom is 0.317 e. The number of nitrogens with one attached hydrogen (secondary N) is 1. The van der Waals surface area contributed by atoms with E-state index in [0.717, 1.165) is 49.4 Å².